The molecule has 0 saturated heterocycles. The van der Waals surface area contributed by atoms with Gasteiger partial charge in [-0.3, -0.25) is 9.48 Å². The Balaban J connectivity index is 1.63. The Hall–Kier alpha value is -2.22. The lowest BCUT2D eigenvalue weighted by molar-refractivity contribution is -0.124. The normalized spacial score (nSPS) is 12.7. The second-order valence-electron chi connectivity index (χ2n) is 4.46. The minimum Gasteiger partial charge on any atom is -0.349 e. The van der Waals surface area contributed by atoms with E-state index in [0.717, 1.165) is 15.7 Å². The van der Waals surface area contributed by atoms with Crippen molar-refractivity contribution in [3.63, 3.8) is 0 Å². The zero-order chi connectivity index (χ0) is 14.1. The van der Waals surface area contributed by atoms with E-state index in [1.54, 1.807) is 34.6 Å². The first-order chi connectivity index (χ1) is 9.63. The fourth-order valence-corrected chi connectivity index (χ4v) is 2.63. The van der Waals surface area contributed by atoms with Crippen LogP contribution in [0.4, 0.5) is 0 Å². The zero-order valence-corrected chi connectivity index (χ0v) is 12.0. The van der Waals surface area contributed by atoms with Crippen molar-refractivity contribution in [3.05, 3.63) is 35.4 Å². The van der Waals surface area contributed by atoms with Gasteiger partial charge in [-0.05, 0) is 19.9 Å². The van der Waals surface area contributed by atoms with E-state index in [4.69, 9.17) is 0 Å². The van der Waals surface area contributed by atoms with E-state index < -0.39 is 0 Å². The Bertz CT molecular complexity index is 697. The lowest BCUT2D eigenvalue weighted by atomic mass is 10.3. The standard InChI is InChI=1S/C12H14N6OS/c1-8(17-5-3-4-14-17)11(19)13-6-10-7-18-12(15-10)20-9(2)16-18/h3-5,7-8H,6H2,1-2H3,(H,13,19)/t8-/m0/s1. The summed E-state index contributed by atoms with van der Waals surface area (Å²) in [6.45, 7) is 4.13. The summed E-state index contributed by atoms with van der Waals surface area (Å²) in [4.78, 5) is 17.3. The van der Waals surface area contributed by atoms with Crippen molar-refractivity contribution in [1.29, 1.82) is 0 Å². The SMILES string of the molecule is Cc1nn2cc(CNC(=O)[C@H](C)n3cccn3)nc2s1. The van der Waals surface area contributed by atoms with Crippen molar-refractivity contribution >= 4 is 22.2 Å². The van der Waals surface area contributed by atoms with Gasteiger partial charge in [0.25, 0.3) is 0 Å². The molecule has 1 amide bonds. The summed E-state index contributed by atoms with van der Waals surface area (Å²) in [7, 11) is 0. The summed E-state index contributed by atoms with van der Waals surface area (Å²) in [6.07, 6.45) is 5.25. The van der Waals surface area contributed by atoms with Crippen LogP contribution in [-0.2, 0) is 11.3 Å². The van der Waals surface area contributed by atoms with Gasteiger partial charge >= 0.3 is 0 Å². The van der Waals surface area contributed by atoms with Gasteiger partial charge in [0.2, 0.25) is 10.9 Å². The summed E-state index contributed by atoms with van der Waals surface area (Å²) in [6, 6.07) is 1.45. The van der Waals surface area contributed by atoms with E-state index in [1.165, 1.54) is 11.3 Å². The number of imidazole rings is 1. The van der Waals surface area contributed by atoms with Crippen LogP contribution in [0.15, 0.2) is 24.7 Å². The number of fused-ring (bicyclic) bond motifs is 1. The number of carbonyl (C=O) groups is 1. The molecule has 0 aliphatic rings. The molecule has 0 bridgehead atoms. The van der Waals surface area contributed by atoms with E-state index in [0.29, 0.717) is 6.54 Å². The van der Waals surface area contributed by atoms with Crippen LogP contribution in [0.2, 0.25) is 0 Å². The van der Waals surface area contributed by atoms with Crippen LogP contribution in [-0.4, -0.2) is 30.3 Å². The summed E-state index contributed by atoms with van der Waals surface area (Å²) >= 11 is 1.53. The van der Waals surface area contributed by atoms with Gasteiger partial charge in [0.1, 0.15) is 11.0 Å². The first-order valence-electron chi connectivity index (χ1n) is 6.22. The highest BCUT2D eigenvalue weighted by Crippen LogP contribution is 2.13. The Morgan fingerprint density at radius 1 is 1.55 bits per heavy atom. The van der Waals surface area contributed by atoms with Gasteiger partial charge in [-0.1, -0.05) is 11.3 Å². The molecule has 1 N–H and O–H groups in total. The average Bonchev–Trinajstić information content (AvgIpc) is 3.10. The van der Waals surface area contributed by atoms with Crippen LogP contribution in [0.1, 0.15) is 23.7 Å². The largest absolute Gasteiger partial charge is 0.349 e. The van der Waals surface area contributed by atoms with E-state index in [2.05, 4.69) is 20.5 Å². The number of hydrogen-bond acceptors (Lipinski definition) is 5. The lowest BCUT2D eigenvalue weighted by Gasteiger charge is -2.11. The topological polar surface area (TPSA) is 77.1 Å². The number of aromatic nitrogens is 5. The van der Waals surface area contributed by atoms with Gasteiger partial charge in [-0.25, -0.2) is 9.50 Å². The predicted octanol–water partition coefficient (Wildman–Crippen LogP) is 1.17. The Morgan fingerprint density at radius 2 is 2.40 bits per heavy atom. The van der Waals surface area contributed by atoms with Gasteiger partial charge in [0, 0.05) is 12.4 Å². The molecule has 0 aromatic carbocycles. The predicted molar refractivity (Wildman–Crippen MR) is 74.4 cm³/mol. The van der Waals surface area contributed by atoms with Gasteiger partial charge < -0.3 is 5.32 Å². The van der Waals surface area contributed by atoms with Crippen molar-refractivity contribution in [2.75, 3.05) is 0 Å². The number of aryl methyl sites for hydroxylation is 1. The van der Waals surface area contributed by atoms with Crippen molar-refractivity contribution < 1.29 is 4.79 Å². The smallest absolute Gasteiger partial charge is 0.244 e. The van der Waals surface area contributed by atoms with Crippen LogP contribution >= 0.6 is 11.3 Å². The Labute approximate surface area is 119 Å². The number of amides is 1. The molecule has 0 aliphatic heterocycles. The maximum absolute atomic E-state index is 12.0. The summed E-state index contributed by atoms with van der Waals surface area (Å²) in [5.41, 5.74) is 0.796. The van der Waals surface area contributed by atoms with Crippen LogP contribution in [0, 0.1) is 6.92 Å². The average molecular weight is 290 g/mol. The molecule has 0 fully saturated rings. The first-order valence-corrected chi connectivity index (χ1v) is 7.03. The van der Waals surface area contributed by atoms with Crippen molar-refractivity contribution in [3.8, 4) is 0 Å². The van der Waals surface area contributed by atoms with E-state index >= 15 is 0 Å². The number of nitrogens with zero attached hydrogens (tertiary/aromatic N) is 5. The monoisotopic (exact) mass is 290 g/mol. The number of nitrogens with one attached hydrogen (secondary N) is 1. The summed E-state index contributed by atoms with van der Waals surface area (Å²) < 4.78 is 3.35. The van der Waals surface area contributed by atoms with Crippen LogP contribution in [0.25, 0.3) is 4.96 Å². The molecular weight excluding hydrogens is 276 g/mol. The molecule has 8 heteroatoms. The second-order valence-corrected chi connectivity index (χ2v) is 5.62. The third-order valence-electron chi connectivity index (χ3n) is 2.94. The van der Waals surface area contributed by atoms with Crippen molar-refractivity contribution in [2.24, 2.45) is 0 Å². The van der Waals surface area contributed by atoms with E-state index in [1.807, 2.05) is 13.1 Å². The molecule has 3 aromatic rings. The minimum atomic E-state index is -0.339. The van der Waals surface area contributed by atoms with Crippen LogP contribution in [0.3, 0.4) is 0 Å². The molecule has 1 atom stereocenters. The molecule has 0 unspecified atom stereocenters. The molecule has 0 spiro atoms. The van der Waals surface area contributed by atoms with E-state index in [-0.39, 0.29) is 11.9 Å². The van der Waals surface area contributed by atoms with Crippen LogP contribution < -0.4 is 5.32 Å². The highest BCUT2D eigenvalue weighted by molar-refractivity contribution is 7.16. The number of hydrogen-bond donors (Lipinski definition) is 1. The molecule has 0 saturated carbocycles. The van der Waals surface area contributed by atoms with E-state index in [9.17, 15) is 4.79 Å². The molecular formula is C12H14N6OS. The molecule has 3 heterocycles. The van der Waals surface area contributed by atoms with Crippen LogP contribution in [0.5, 0.6) is 0 Å². The summed E-state index contributed by atoms with van der Waals surface area (Å²) in [5, 5.41) is 12.2. The Kier molecular flexibility index (Phi) is 3.23. The molecule has 0 radical (unpaired) electrons. The molecule has 7 nitrogen and oxygen atoms in total. The molecule has 3 aromatic heterocycles. The maximum Gasteiger partial charge on any atom is 0.244 e. The minimum absolute atomic E-state index is 0.0887. The van der Waals surface area contributed by atoms with Gasteiger partial charge in [0.15, 0.2) is 0 Å². The Morgan fingerprint density at radius 3 is 3.10 bits per heavy atom. The highest BCUT2D eigenvalue weighted by atomic mass is 32.1. The van der Waals surface area contributed by atoms with Crippen molar-refractivity contribution in [2.45, 2.75) is 26.4 Å². The molecule has 104 valence electrons. The fraction of sp³-hybridized carbons (Fsp3) is 0.333. The molecule has 20 heavy (non-hydrogen) atoms. The van der Waals surface area contributed by atoms with Gasteiger partial charge in [-0.2, -0.15) is 10.2 Å². The van der Waals surface area contributed by atoms with Gasteiger partial charge in [0.05, 0.1) is 18.4 Å². The highest BCUT2D eigenvalue weighted by Gasteiger charge is 2.15. The quantitative estimate of drug-likeness (QED) is 0.782. The maximum atomic E-state index is 12.0. The first kappa shape index (κ1) is 12.8. The lowest BCUT2D eigenvalue weighted by Crippen LogP contribution is -2.30. The number of carbonyl (C=O) groups excluding carboxylic acids is 1. The van der Waals surface area contributed by atoms with Gasteiger partial charge in [-0.15, -0.1) is 0 Å². The summed E-state index contributed by atoms with van der Waals surface area (Å²) in [5.74, 6) is -0.0887. The third-order valence-corrected chi connectivity index (χ3v) is 3.78. The molecule has 3 rings (SSSR count). The third kappa shape index (κ3) is 2.42. The second kappa shape index (κ2) is 5.04. The fourth-order valence-electron chi connectivity index (χ4n) is 1.89. The number of rotatable bonds is 4. The molecule has 0 aliphatic carbocycles. The van der Waals surface area contributed by atoms with Crippen molar-refractivity contribution in [1.82, 2.24) is 29.7 Å². The zero-order valence-electron chi connectivity index (χ0n) is 11.1.